The van der Waals surface area contributed by atoms with Crippen LogP contribution < -0.4 is 139 Å². The topological polar surface area (TPSA) is 977 Å². The second-order valence-corrected chi connectivity index (χ2v) is 0.500. The Morgan fingerprint density at radius 3 is 0.205 bits per heavy atom. The quantitative estimate of drug-likeness (QED) is 0.221. The summed E-state index contributed by atoms with van der Waals surface area (Å²) in [6, 6.07) is 0. The molecule has 0 unspecified atom stereocenters. The van der Waals surface area contributed by atoms with Gasteiger partial charge in [0.05, 0.1) is 0 Å². The molecular weight excluding hydrogens is 644 g/mol. The molecule has 39 heavy (non-hydrogen) atoms. The molecule has 264 valence electrons. The first-order chi connectivity index (χ1) is 3.46. The van der Waals surface area contributed by atoms with Gasteiger partial charge in [0.25, 0.3) is 0 Å². The summed E-state index contributed by atoms with van der Waals surface area (Å²) in [6.45, 7) is 0. The number of carbonyl (C=O) groups excluding carboxylic acids is 2. The molecule has 37 heteroatoms. The van der Waals surface area contributed by atoms with Gasteiger partial charge in [0.1, 0.15) is 0 Å². The van der Waals surface area contributed by atoms with Gasteiger partial charge in [0, 0.05) is 0 Å². The van der Waals surface area contributed by atoms with Gasteiger partial charge in [-0.3, -0.25) is 0 Å². The average molecular weight is 698 g/mol. The van der Waals surface area contributed by atoms with Gasteiger partial charge >= 0.3 is 118 Å². The molecule has 0 heterocycles. The molecule has 54 N–H and O–H groups in total. The Morgan fingerprint density at radius 1 is 0.205 bits per heavy atom. The van der Waals surface area contributed by atoms with Crippen LogP contribution in [0.1, 0.15) is 0 Å². The zero-order chi connectivity index (χ0) is 7.15. The van der Waals surface area contributed by atoms with Crippen LogP contribution in [-0.4, -0.2) is 160 Å². The first kappa shape index (κ1) is 1130. The molecule has 33 nitrogen and oxygen atoms in total. The van der Waals surface area contributed by atoms with E-state index in [0.717, 1.165) is 0 Å². The minimum absolute atomic E-state index is 0. The second-order valence-electron chi connectivity index (χ2n) is 0.500. The molecule has 0 spiro atoms. The number of hydrogen-bond donors (Lipinski definition) is 0. The first-order valence-corrected chi connectivity index (χ1v) is 1.22. The van der Waals surface area contributed by atoms with E-state index < -0.39 is 12.3 Å². The third-order valence-electron chi connectivity index (χ3n) is 0. The molecule has 0 aromatic carbocycles. The summed E-state index contributed by atoms with van der Waals surface area (Å²) in [4.78, 5) is 16.7. The van der Waals surface area contributed by atoms with E-state index in [1.165, 1.54) is 0 Å². The maximum absolute atomic E-state index is 8.33. The molecule has 0 bridgehead atoms. The molecule has 0 amide bonds. The van der Waals surface area contributed by atoms with Crippen molar-refractivity contribution in [1.82, 2.24) is 0 Å². The van der Waals surface area contributed by atoms with Crippen LogP contribution in [0.3, 0.4) is 0 Å². The molecule has 0 saturated carbocycles. The van der Waals surface area contributed by atoms with Gasteiger partial charge in [-0.1, -0.05) is 0 Å². The maximum Gasteiger partial charge on any atom is 1.00 e. The van der Waals surface area contributed by atoms with Gasteiger partial charge in [-0.2, -0.15) is 0 Å². The molecule has 0 aromatic rings. The van der Waals surface area contributed by atoms with E-state index in [2.05, 4.69) is 0 Å². The molecule has 0 aliphatic heterocycles. The maximum atomic E-state index is 8.33. The summed E-state index contributed by atoms with van der Waals surface area (Å²) in [7, 11) is 0. The minimum atomic E-state index is -2.33. The van der Waals surface area contributed by atoms with E-state index in [1.807, 2.05) is 0 Å². The predicted octanol–water partition coefficient (Wildman–Crippen LogP) is -39.1. The van der Waals surface area contributed by atoms with Crippen LogP contribution in [0, 0.1) is 0 Å². The van der Waals surface area contributed by atoms with Crippen LogP contribution in [-0.2, 0) is 0 Å². The first-order valence-electron chi connectivity index (χ1n) is 1.22. The summed E-state index contributed by atoms with van der Waals surface area (Å²) < 4.78 is 0. The zero-order valence-corrected chi connectivity index (χ0v) is 28.9. The monoisotopic (exact) mass is 698 g/mol. The molecule has 0 aliphatic carbocycles. The SMILES string of the molecule is O.O.O.O.O.O.O.O.O.O.O.O.O.O.O.O.O.O.O.O.O.O.O.O.O.O.O.O=C([O-])[O-].O=C([O-])[O-].[Na+].[Na+].[Na+].[Na+]. The summed E-state index contributed by atoms with van der Waals surface area (Å²) in [5, 5.41) is 33.3. The summed E-state index contributed by atoms with van der Waals surface area (Å²) in [5.41, 5.74) is 0. The standard InChI is InChI=1S/2CH2O3.4Na.27H2O/c2*2-1(3)4;;;;;;;;;;;;;;;;;;;;;;;;;;;;;;;/h2*(H2,2,3,4);;;;;27*1H2/q;;4*+1;;;;;;;;;;;;;;;;;;;;;;;;;;;/p-4. The fourth-order valence-corrected chi connectivity index (χ4v) is 0. The number of carbonyl (C=O) groups is 2. The van der Waals surface area contributed by atoms with Crippen molar-refractivity contribution >= 4 is 12.3 Å². The van der Waals surface area contributed by atoms with Crippen molar-refractivity contribution in [1.29, 1.82) is 0 Å². The molecule has 0 radical (unpaired) electrons. The van der Waals surface area contributed by atoms with Crippen LogP contribution in [0.25, 0.3) is 0 Å². The van der Waals surface area contributed by atoms with Gasteiger partial charge in [0.15, 0.2) is 0 Å². The second kappa shape index (κ2) is 1050. The molecule has 0 fully saturated rings. The van der Waals surface area contributed by atoms with Crippen LogP contribution >= 0.6 is 0 Å². The third kappa shape index (κ3) is 26000. The van der Waals surface area contributed by atoms with Crippen LogP contribution in [0.4, 0.5) is 9.59 Å². The Balaban J connectivity index is -0.000000000332. The smallest absolute Gasteiger partial charge is 0.652 e. The molecule has 0 aromatic heterocycles. The minimum Gasteiger partial charge on any atom is -0.652 e. The molecular formula is C2H54Na4O33. The summed E-state index contributed by atoms with van der Waals surface area (Å²) in [6.07, 6.45) is -4.67. The number of carboxylic acid groups (broad SMARTS) is 4. The van der Waals surface area contributed by atoms with E-state index in [9.17, 15) is 0 Å². The number of hydrogen-bond acceptors (Lipinski definition) is 6. The van der Waals surface area contributed by atoms with Crippen LogP contribution in [0.2, 0.25) is 0 Å². The third-order valence-corrected chi connectivity index (χ3v) is 0. The van der Waals surface area contributed by atoms with Gasteiger partial charge in [-0.25, -0.2) is 0 Å². The van der Waals surface area contributed by atoms with E-state index in [0.29, 0.717) is 0 Å². The van der Waals surface area contributed by atoms with Gasteiger partial charge in [-0.15, -0.1) is 0 Å². The van der Waals surface area contributed by atoms with E-state index in [1.54, 1.807) is 0 Å². The Morgan fingerprint density at radius 2 is 0.205 bits per heavy atom. The molecule has 0 aliphatic rings. The van der Waals surface area contributed by atoms with Crippen molar-refractivity contribution < 1.29 is 296 Å². The van der Waals surface area contributed by atoms with Crippen molar-refractivity contribution in [3.05, 3.63) is 0 Å². The Hall–Kier alpha value is 1.46. The fourth-order valence-electron chi connectivity index (χ4n) is 0. The summed E-state index contributed by atoms with van der Waals surface area (Å²) in [5.74, 6) is 0. The Bertz CT molecular complexity index is 87.7. The van der Waals surface area contributed by atoms with Crippen molar-refractivity contribution in [3.8, 4) is 0 Å². The van der Waals surface area contributed by atoms with Gasteiger partial charge in [-0.05, 0) is 12.3 Å². The molecule has 0 rings (SSSR count). The normalized spacial score (nSPS) is 1.23. The van der Waals surface area contributed by atoms with Crippen molar-refractivity contribution in [3.63, 3.8) is 0 Å². The van der Waals surface area contributed by atoms with Crippen LogP contribution in [0.15, 0.2) is 0 Å². The van der Waals surface area contributed by atoms with Gasteiger partial charge in [0.2, 0.25) is 0 Å². The van der Waals surface area contributed by atoms with Gasteiger partial charge < -0.3 is 178 Å². The van der Waals surface area contributed by atoms with Crippen LogP contribution in [0.5, 0.6) is 0 Å². The fraction of sp³-hybridized carbons (Fsp3) is 0. The van der Waals surface area contributed by atoms with E-state index in [-0.39, 0.29) is 266 Å². The van der Waals surface area contributed by atoms with Crippen molar-refractivity contribution in [2.24, 2.45) is 0 Å². The zero-order valence-electron chi connectivity index (χ0n) is 20.9. The summed E-state index contributed by atoms with van der Waals surface area (Å²) >= 11 is 0. The predicted molar refractivity (Wildman–Crippen MR) is 108 cm³/mol. The Kier molecular flexibility index (Phi) is 30400. The van der Waals surface area contributed by atoms with E-state index >= 15 is 0 Å². The average Bonchev–Trinajstić information content (AvgIpc) is 1.25. The molecule has 0 saturated heterocycles. The number of rotatable bonds is 0. The van der Waals surface area contributed by atoms with Crippen molar-refractivity contribution in [2.75, 3.05) is 0 Å². The van der Waals surface area contributed by atoms with Crippen molar-refractivity contribution in [2.45, 2.75) is 0 Å². The Labute approximate surface area is 305 Å². The molecule has 0 atom stereocenters. The largest absolute Gasteiger partial charge is 1.00 e. The van der Waals surface area contributed by atoms with E-state index in [4.69, 9.17) is 30.0 Å².